The van der Waals surface area contributed by atoms with Crippen molar-refractivity contribution in [3.8, 4) is 5.75 Å². The van der Waals surface area contributed by atoms with Gasteiger partial charge in [0.1, 0.15) is 11.4 Å². The van der Waals surface area contributed by atoms with E-state index in [4.69, 9.17) is 4.74 Å². The van der Waals surface area contributed by atoms with E-state index in [1.165, 1.54) is 11.1 Å². The summed E-state index contributed by atoms with van der Waals surface area (Å²) < 4.78 is 6.02. The lowest BCUT2D eigenvalue weighted by Gasteiger charge is -2.27. The summed E-state index contributed by atoms with van der Waals surface area (Å²) in [4.78, 5) is 0. The molecule has 0 amide bonds. The van der Waals surface area contributed by atoms with E-state index in [0.717, 1.165) is 21.8 Å². The minimum absolute atomic E-state index is 0.239. The summed E-state index contributed by atoms with van der Waals surface area (Å²) in [5, 5.41) is 2.20. The second kappa shape index (κ2) is 4.73. The first kappa shape index (κ1) is 13.7. The molecule has 2 rings (SSSR count). The molecule has 1 aromatic carbocycles. The van der Waals surface area contributed by atoms with Crippen LogP contribution in [0.25, 0.3) is 18.2 Å². The van der Waals surface area contributed by atoms with Crippen LogP contribution in [0.3, 0.4) is 0 Å². The zero-order chi connectivity index (χ0) is 14.2. The molecule has 1 aliphatic rings. The molecule has 0 fully saturated rings. The molecule has 100 valence electrons. The van der Waals surface area contributed by atoms with E-state index in [-0.39, 0.29) is 5.60 Å². The summed E-state index contributed by atoms with van der Waals surface area (Å²) in [5.41, 5.74) is 3.38. The molecule has 0 saturated heterocycles. The molecule has 0 aromatic heterocycles. The second-order valence-electron chi connectivity index (χ2n) is 5.99. The molecule has 0 aliphatic carbocycles. The van der Waals surface area contributed by atoms with E-state index < -0.39 is 0 Å². The van der Waals surface area contributed by atoms with Crippen LogP contribution in [0.2, 0.25) is 0 Å². The number of hydrogen-bond acceptors (Lipinski definition) is 1. The highest BCUT2D eigenvalue weighted by Gasteiger charge is 2.21. The third-order valence-corrected chi connectivity index (χ3v) is 3.20. The molecular weight excluding hydrogens is 232 g/mol. The summed E-state index contributed by atoms with van der Waals surface area (Å²) >= 11 is 0. The predicted molar refractivity (Wildman–Crippen MR) is 83.5 cm³/mol. The number of rotatable bonds is 1. The van der Waals surface area contributed by atoms with E-state index in [1.807, 2.05) is 0 Å². The average molecular weight is 254 g/mol. The normalized spacial score (nSPS) is 17.3. The Labute approximate surface area is 115 Å². The molecule has 0 bridgehead atoms. The van der Waals surface area contributed by atoms with Crippen molar-refractivity contribution in [2.75, 3.05) is 0 Å². The lowest BCUT2D eigenvalue weighted by molar-refractivity contribution is 0.159. The maximum absolute atomic E-state index is 6.02. The van der Waals surface area contributed by atoms with Gasteiger partial charge in [-0.05, 0) is 68.8 Å². The van der Waals surface area contributed by atoms with Crippen LogP contribution in [0.1, 0.15) is 40.2 Å². The Hall–Kier alpha value is -1.76. The van der Waals surface area contributed by atoms with Crippen LogP contribution in [-0.4, -0.2) is 5.60 Å². The van der Waals surface area contributed by atoms with Gasteiger partial charge in [0.2, 0.25) is 0 Å². The van der Waals surface area contributed by atoms with Crippen molar-refractivity contribution in [3.05, 3.63) is 45.9 Å². The zero-order valence-electron chi connectivity index (χ0n) is 12.5. The first-order chi connectivity index (χ1) is 8.78. The molecule has 1 aromatic rings. The predicted octanol–water partition coefficient (Wildman–Crippen LogP) is 3.42. The number of ether oxygens (including phenoxy) is 1. The van der Waals surface area contributed by atoms with Gasteiger partial charge in [-0.2, -0.15) is 0 Å². The third kappa shape index (κ3) is 2.98. The van der Waals surface area contributed by atoms with Crippen molar-refractivity contribution < 1.29 is 4.74 Å². The van der Waals surface area contributed by atoms with Crippen LogP contribution in [-0.2, 0) is 0 Å². The van der Waals surface area contributed by atoms with Gasteiger partial charge in [-0.1, -0.05) is 24.3 Å². The van der Waals surface area contributed by atoms with Gasteiger partial charge in [-0.3, -0.25) is 0 Å². The van der Waals surface area contributed by atoms with Crippen LogP contribution < -0.4 is 15.2 Å². The Balaban J connectivity index is 2.67. The van der Waals surface area contributed by atoms with Crippen molar-refractivity contribution in [1.82, 2.24) is 0 Å². The largest absolute Gasteiger partial charge is 0.483 e. The lowest BCUT2D eigenvalue weighted by atomic mass is 10.00. The van der Waals surface area contributed by atoms with Crippen LogP contribution in [0.4, 0.5) is 0 Å². The summed E-state index contributed by atoms with van der Waals surface area (Å²) in [6, 6.07) is 4.20. The van der Waals surface area contributed by atoms with Crippen molar-refractivity contribution in [1.29, 1.82) is 0 Å². The zero-order valence-corrected chi connectivity index (χ0v) is 12.5. The Bertz CT molecular complexity index is 668. The van der Waals surface area contributed by atoms with Gasteiger partial charge < -0.3 is 4.74 Å². The fourth-order valence-electron chi connectivity index (χ4n) is 2.35. The summed E-state index contributed by atoms with van der Waals surface area (Å²) in [7, 11) is 0. The highest BCUT2D eigenvalue weighted by Crippen LogP contribution is 2.28. The number of hydrogen-bond donors (Lipinski definition) is 0. The lowest BCUT2D eigenvalue weighted by Crippen LogP contribution is -2.31. The second-order valence-corrected chi connectivity index (χ2v) is 5.99. The SMILES string of the molecule is C=c1cc2c(c/c1=C(\C)C=C(C)C)OC(C)(C)C=C2. The van der Waals surface area contributed by atoms with E-state index in [9.17, 15) is 0 Å². The molecule has 1 aliphatic heterocycles. The minimum atomic E-state index is -0.239. The monoisotopic (exact) mass is 254 g/mol. The first-order valence-electron chi connectivity index (χ1n) is 6.65. The average Bonchev–Trinajstić information content (AvgIpc) is 2.27. The Morgan fingerprint density at radius 3 is 2.53 bits per heavy atom. The van der Waals surface area contributed by atoms with Crippen molar-refractivity contribution >= 4 is 18.2 Å². The van der Waals surface area contributed by atoms with Gasteiger partial charge in [0, 0.05) is 5.56 Å². The smallest absolute Gasteiger partial charge is 0.128 e. The van der Waals surface area contributed by atoms with Crippen molar-refractivity contribution in [2.24, 2.45) is 0 Å². The van der Waals surface area contributed by atoms with Gasteiger partial charge >= 0.3 is 0 Å². The Morgan fingerprint density at radius 2 is 1.89 bits per heavy atom. The van der Waals surface area contributed by atoms with E-state index >= 15 is 0 Å². The van der Waals surface area contributed by atoms with E-state index in [0.29, 0.717) is 0 Å². The highest BCUT2D eigenvalue weighted by molar-refractivity contribution is 5.64. The highest BCUT2D eigenvalue weighted by atomic mass is 16.5. The molecule has 0 atom stereocenters. The standard InChI is InChI=1S/C18H22O/c1-12(2)9-13(3)16-11-17-15(10-14(16)4)7-8-18(5,6)19-17/h7-11H,4H2,1-3,5-6H3/b16-13-. The molecule has 1 heteroatoms. The van der Waals surface area contributed by atoms with Crippen molar-refractivity contribution in [3.63, 3.8) is 0 Å². The Kier molecular flexibility index (Phi) is 3.40. The number of benzene rings is 1. The van der Waals surface area contributed by atoms with Crippen LogP contribution >= 0.6 is 0 Å². The van der Waals surface area contributed by atoms with E-state index in [1.54, 1.807) is 0 Å². The topological polar surface area (TPSA) is 9.23 Å². The molecular formula is C18H22O. The van der Waals surface area contributed by atoms with Gasteiger partial charge in [0.05, 0.1) is 0 Å². The van der Waals surface area contributed by atoms with Gasteiger partial charge in [-0.15, -0.1) is 0 Å². The molecule has 19 heavy (non-hydrogen) atoms. The minimum Gasteiger partial charge on any atom is -0.483 e. The fourth-order valence-corrected chi connectivity index (χ4v) is 2.35. The van der Waals surface area contributed by atoms with Crippen LogP contribution in [0.5, 0.6) is 5.75 Å². The first-order valence-corrected chi connectivity index (χ1v) is 6.65. The van der Waals surface area contributed by atoms with Gasteiger partial charge in [-0.25, -0.2) is 0 Å². The molecule has 0 saturated carbocycles. The summed E-state index contributed by atoms with van der Waals surface area (Å²) in [6.07, 6.45) is 6.38. The summed E-state index contributed by atoms with van der Waals surface area (Å²) in [5.74, 6) is 0.941. The quantitative estimate of drug-likeness (QED) is 0.746. The fraction of sp³-hybridized carbons (Fsp3) is 0.333. The van der Waals surface area contributed by atoms with Gasteiger partial charge in [0.25, 0.3) is 0 Å². The van der Waals surface area contributed by atoms with E-state index in [2.05, 4.69) is 71.6 Å². The molecule has 1 nitrogen and oxygen atoms in total. The molecule has 0 N–H and O–H groups in total. The van der Waals surface area contributed by atoms with Gasteiger partial charge in [0.15, 0.2) is 0 Å². The number of fused-ring (bicyclic) bond motifs is 1. The molecule has 0 radical (unpaired) electrons. The Morgan fingerprint density at radius 1 is 1.21 bits per heavy atom. The molecule has 0 spiro atoms. The maximum Gasteiger partial charge on any atom is 0.128 e. The maximum atomic E-state index is 6.02. The molecule has 1 heterocycles. The number of allylic oxidation sites excluding steroid dienone is 2. The third-order valence-electron chi connectivity index (χ3n) is 3.20. The summed E-state index contributed by atoms with van der Waals surface area (Å²) in [6.45, 7) is 14.6. The molecule has 0 unspecified atom stereocenters. The van der Waals surface area contributed by atoms with Crippen molar-refractivity contribution in [2.45, 2.75) is 40.2 Å². The van der Waals surface area contributed by atoms with Crippen LogP contribution in [0, 0.1) is 0 Å². The van der Waals surface area contributed by atoms with Crippen LogP contribution in [0.15, 0.2) is 29.9 Å².